The number of fused-ring (bicyclic) bond motifs is 1. The van der Waals surface area contributed by atoms with Crippen LogP contribution in [0.25, 0.3) is 0 Å². The van der Waals surface area contributed by atoms with Gasteiger partial charge in [0.25, 0.3) is 0 Å². The van der Waals surface area contributed by atoms with E-state index in [1.807, 2.05) is 25.1 Å². The van der Waals surface area contributed by atoms with Crippen LogP contribution in [0.4, 0.5) is 0 Å². The summed E-state index contributed by atoms with van der Waals surface area (Å²) in [5.74, 6) is 1.39. The van der Waals surface area contributed by atoms with Gasteiger partial charge >= 0.3 is 0 Å². The topological polar surface area (TPSA) is 41.5 Å². The Morgan fingerprint density at radius 3 is 3.00 bits per heavy atom. The summed E-state index contributed by atoms with van der Waals surface area (Å²) in [6.07, 6.45) is 0.535. The van der Waals surface area contributed by atoms with E-state index >= 15 is 0 Å². The van der Waals surface area contributed by atoms with E-state index in [0.29, 0.717) is 18.5 Å². The summed E-state index contributed by atoms with van der Waals surface area (Å²) in [5, 5.41) is 12.9. The highest BCUT2D eigenvalue weighted by Gasteiger charge is 2.28. The van der Waals surface area contributed by atoms with Crippen molar-refractivity contribution < 1.29 is 9.84 Å². The van der Waals surface area contributed by atoms with E-state index in [9.17, 15) is 5.11 Å². The molecule has 1 aromatic carbocycles. The summed E-state index contributed by atoms with van der Waals surface area (Å²) < 4.78 is 5.66. The lowest BCUT2D eigenvalue weighted by atomic mass is 9.94. The second kappa shape index (κ2) is 5.52. The Labute approximate surface area is 103 Å². The molecule has 94 valence electrons. The smallest absolute Gasteiger partial charge is 0.122 e. The minimum absolute atomic E-state index is 0.255. The van der Waals surface area contributed by atoms with E-state index in [1.54, 1.807) is 0 Å². The number of para-hydroxylation sites is 1. The Balaban J connectivity index is 1.95. The van der Waals surface area contributed by atoms with E-state index in [0.717, 1.165) is 18.8 Å². The monoisotopic (exact) mass is 235 g/mol. The number of aliphatic hydroxyl groups excluding tert-OH is 1. The standard InChI is InChI=1S/C14H21NO2/c1-3-11(16)8-15-10(2)13-9-17-14-7-5-4-6-12(13)14/h4-7,10-11,13,15-16H,3,8-9H2,1-2H3/t10-,11-,13-/m1/s1. The maximum absolute atomic E-state index is 9.55. The number of aliphatic hydroxyl groups is 1. The lowest BCUT2D eigenvalue weighted by Gasteiger charge is -2.21. The highest BCUT2D eigenvalue weighted by Crippen LogP contribution is 2.35. The second-order valence-corrected chi connectivity index (χ2v) is 4.71. The van der Waals surface area contributed by atoms with Crippen molar-refractivity contribution in [3.8, 4) is 5.75 Å². The van der Waals surface area contributed by atoms with Crippen LogP contribution < -0.4 is 10.1 Å². The van der Waals surface area contributed by atoms with Gasteiger partial charge in [0, 0.05) is 24.1 Å². The molecule has 1 aliphatic rings. The zero-order valence-electron chi connectivity index (χ0n) is 10.5. The van der Waals surface area contributed by atoms with Crippen molar-refractivity contribution in [2.75, 3.05) is 13.2 Å². The van der Waals surface area contributed by atoms with Crippen LogP contribution in [0, 0.1) is 0 Å². The third kappa shape index (κ3) is 2.79. The minimum Gasteiger partial charge on any atom is -0.493 e. The summed E-state index contributed by atoms with van der Waals surface area (Å²) in [6, 6.07) is 8.51. The van der Waals surface area contributed by atoms with Crippen molar-refractivity contribution in [3.05, 3.63) is 29.8 Å². The molecule has 0 aliphatic carbocycles. The van der Waals surface area contributed by atoms with Gasteiger partial charge in [-0.15, -0.1) is 0 Å². The highest BCUT2D eigenvalue weighted by atomic mass is 16.5. The highest BCUT2D eigenvalue weighted by molar-refractivity contribution is 5.40. The van der Waals surface area contributed by atoms with Gasteiger partial charge in [-0.2, -0.15) is 0 Å². The van der Waals surface area contributed by atoms with E-state index in [1.165, 1.54) is 5.56 Å². The summed E-state index contributed by atoms with van der Waals surface area (Å²) in [6.45, 7) is 5.52. The van der Waals surface area contributed by atoms with Crippen molar-refractivity contribution in [1.29, 1.82) is 0 Å². The van der Waals surface area contributed by atoms with Gasteiger partial charge < -0.3 is 15.2 Å². The van der Waals surface area contributed by atoms with Crippen LogP contribution in [-0.2, 0) is 0 Å². The first-order valence-corrected chi connectivity index (χ1v) is 6.35. The Morgan fingerprint density at radius 1 is 1.47 bits per heavy atom. The summed E-state index contributed by atoms with van der Waals surface area (Å²) in [4.78, 5) is 0. The lowest BCUT2D eigenvalue weighted by molar-refractivity contribution is 0.160. The van der Waals surface area contributed by atoms with Crippen LogP contribution in [0.1, 0.15) is 31.7 Å². The van der Waals surface area contributed by atoms with Crippen molar-refractivity contribution in [1.82, 2.24) is 5.32 Å². The van der Waals surface area contributed by atoms with E-state index in [4.69, 9.17) is 4.74 Å². The SMILES string of the molecule is CC[C@@H](O)CN[C@H](C)[C@H]1COc2ccccc21. The number of nitrogens with one attached hydrogen (secondary N) is 1. The maximum Gasteiger partial charge on any atom is 0.122 e. The summed E-state index contributed by atoms with van der Waals surface area (Å²) in [5.41, 5.74) is 1.28. The Bertz CT molecular complexity index is 367. The molecule has 2 N–H and O–H groups in total. The van der Waals surface area contributed by atoms with Crippen molar-refractivity contribution >= 4 is 0 Å². The molecule has 1 aromatic rings. The molecule has 0 spiro atoms. The molecule has 0 saturated heterocycles. The van der Waals surface area contributed by atoms with Gasteiger partial charge in [-0.3, -0.25) is 0 Å². The maximum atomic E-state index is 9.55. The fraction of sp³-hybridized carbons (Fsp3) is 0.571. The van der Waals surface area contributed by atoms with Crippen molar-refractivity contribution in [3.63, 3.8) is 0 Å². The number of rotatable bonds is 5. The molecule has 0 fully saturated rings. The quantitative estimate of drug-likeness (QED) is 0.819. The van der Waals surface area contributed by atoms with E-state index in [2.05, 4.69) is 18.3 Å². The average Bonchev–Trinajstić information content (AvgIpc) is 2.79. The molecule has 0 saturated carbocycles. The van der Waals surface area contributed by atoms with Crippen LogP contribution in [0.2, 0.25) is 0 Å². The van der Waals surface area contributed by atoms with Crippen LogP contribution in [0.15, 0.2) is 24.3 Å². The Morgan fingerprint density at radius 2 is 2.24 bits per heavy atom. The largest absolute Gasteiger partial charge is 0.493 e. The molecule has 1 aliphatic heterocycles. The third-order valence-electron chi connectivity index (χ3n) is 3.49. The molecule has 1 heterocycles. The van der Waals surface area contributed by atoms with Gasteiger partial charge in [0.15, 0.2) is 0 Å². The predicted octanol–water partition coefficient (Wildman–Crippen LogP) is 1.91. The lowest BCUT2D eigenvalue weighted by Crippen LogP contribution is -2.37. The molecule has 2 rings (SSSR count). The molecule has 17 heavy (non-hydrogen) atoms. The molecule has 3 nitrogen and oxygen atoms in total. The van der Waals surface area contributed by atoms with Crippen LogP contribution in [0.5, 0.6) is 5.75 Å². The van der Waals surface area contributed by atoms with Gasteiger partial charge in [0.2, 0.25) is 0 Å². The number of hydrogen-bond acceptors (Lipinski definition) is 3. The van der Waals surface area contributed by atoms with E-state index in [-0.39, 0.29) is 6.10 Å². The van der Waals surface area contributed by atoms with Gasteiger partial charge in [-0.05, 0) is 19.4 Å². The first-order chi connectivity index (χ1) is 8.22. The minimum atomic E-state index is -0.255. The van der Waals surface area contributed by atoms with Gasteiger partial charge in [0.05, 0.1) is 12.7 Å². The molecule has 3 heteroatoms. The van der Waals surface area contributed by atoms with Gasteiger partial charge in [-0.1, -0.05) is 25.1 Å². The van der Waals surface area contributed by atoms with Crippen LogP contribution >= 0.6 is 0 Å². The van der Waals surface area contributed by atoms with E-state index < -0.39 is 0 Å². The van der Waals surface area contributed by atoms with Gasteiger partial charge in [-0.25, -0.2) is 0 Å². The average molecular weight is 235 g/mol. The molecular weight excluding hydrogens is 214 g/mol. The second-order valence-electron chi connectivity index (χ2n) is 4.71. The summed E-state index contributed by atoms with van der Waals surface area (Å²) in [7, 11) is 0. The Hall–Kier alpha value is -1.06. The zero-order chi connectivity index (χ0) is 12.3. The Kier molecular flexibility index (Phi) is 4.02. The third-order valence-corrected chi connectivity index (χ3v) is 3.49. The molecule has 0 radical (unpaired) electrons. The fourth-order valence-corrected chi connectivity index (χ4v) is 2.21. The zero-order valence-corrected chi connectivity index (χ0v) is 10.5. The van der Waals surface area contributed by atoms with Crippen LogP contribution in [-0.4, -0.2) is 30.4 Å². The van der Waals surface area contributed by atoms with Crippen molar-refractivity contribution in [2.45, 2.75) is 38.3 Å². The molecule has 3 atom stereocenters. The molecule has 0 amide bonds. The van der Waals surface area contributed by atoms with Crippen molar-refractivity contribution in [2.24, 2.45) is 0 Å². The molecule has 0 bridgehead atoms. The first-order valence-electron chi connectivity index (χ1n) is 6.35. The number of hydrogen-bond donors (Lipinski definition) is 2. The molecule has 0 aromatic heterocycles. The number of benzene rings is 1. The molecular formula is C14H21NO2. The predicted molar refractivity (Wildman–Crippen MR) is 68.4 cm³/mol. The molecule has 0 unspecified atom stereocenters. The van der Waals surface area contributed by atoms with Crippen LogP contribution in [0.3, 0.4) is 0 Å². The number of ether oxygens (including phenoxy) is 1. The first kappa shape index (κ1) is 12.4. The van der Waals surface area contributed by atoms with Gasteiger partial charge in [0.1, 0.15) is 5.75 Å². The summed E-state index contributed by atoms with van der Waals surface area (Å²) >= 11 is 0. The normalized spacial score (nSPS) is 21.7. The fourth-order valence-electron chi connectivity index (χ4n) is 2.21.